The van der Waals surface area contributed by atoms with Gasteiger partial charge in [0.1, 0.15) is 18.7 Å². The number of tetrazole rings is 1. The molecule has 0 fully saturated rings. The van der Waals surface area contributed by atoms with E-state index in [2.05, 4.69) is 25.6 Å². The number of aliphatic carboxylic acids is 1. The van der Waals surface area contributed by atoms with Gasteiger partial charge in [0.05, 0.1) is 12.0 Å². The van der Waals surface area contributed by atoms with Crippen LogP contribution in [0.1, 0.15) is 39.1 Å². The van der Waals surface area contributed by atoms with Crippen molar-refractivity contribution >= 4 is 5.97 Å². The Morgan fingerprint density at radius 3 is 2.85 bits per heavy atom. The molecule has 0 saturated heterocycles. The van der Waals surface area contributed by atoms with Crippen molar-refractivity contribution in [3.63, 3.8) is 0 Å². The minimum absolute atomic E-state index is 0.209. The van der Waals surface area contributed by atoms with Crippen LogP contribution in [0, 0.1) is 5.41 Å². The lowest BCUT2D eigenvalue weighted by atomic mass is 9.88. The lowest BCUT2D eigenvalue weighted by Crippen LogP contribution is -2.33. The summed E-state index contributed by atoms with van der Waals surface area (Å²) in [5.74, 6) is -0.314. The summed E-state index contributed by atoms with van der Waals surface area (Å²) in [6, 6.07) is -0.220. The molecule has 0 amide bonds. The van der Waals surface area contributed by atoms with Crippen LogP contribution >= 0.6 is 0 Å². The fraction of sp³-hybridized carbons (Fsp3) is 0.636. The van der Waals surface area contributed by atoms with E-state index in [9.17, 15) is 9.90 Å². The van der Waals surface area contributed by atoms with Crippen molar-refractivity contribution in [2.45, 2.75) is 39.8 Å². The van der Waals surface area contributed by atoms with Crippen LogP contribution in [-0.4, -0.2) is 46.0 Å². The molecule has 2 atom stereocenters. The second kappa shape index (κ2) is 5.35. The standard InChI is InChI=1S/C11H17N7O2/c1-4-11(3,10(19)20)5-17-9(14-15-16-17)8(2)18-7-12-6-13-18/h6-8H,4-5H2,1-3H3,(H,19,20). The number of hydrogen-bond donors (Lipinski definition) is 1. The van der Waals surface area contributed by atoms with E-state index in [4.69, 9.17) is 0 Å². The highest BCUT2D eigenvalue weighted by Crippen LogP contribution is 2.25. The van der Waals surface area contributed by atoms with E-state index in [1.54, 1.807) is 17.9 Å². The summed E-state index contributed by atoms with van der Waals surface area (Å²) in [7, 11) is 0. The number of nitrogens with zero attached hydrogens (tertiary/aromatic N) is 7. The lowest BCUT2D eigenvalue weighted by molar-refractivity contribution is -0.149. The predicted octanol–water partition coefficient (Wildman–Crippen LogP) is 0.375. The lowest BCUT2D eigenvalue weighted by Gasteiger charge is -2.23. The predicted molar refractivity (Wildman–Crippen MR) is 67.7 cm³/mol. The molecule has 9 nitrogen and oxygen atoms in total. The van der Waals surface area contributed by atoms with E-state index in [-0.39, 0.29) is 12.6 Å². The molecule has 2 aromatic rings. The normalized spacial score (nSPS) is 15.8. The molecule has 2 aromatic heterocycles. The van der Waals surface area contributed by atoms with Crippen LogP contribution in [0.25, 0.3) is 0 Å². The van der Waals surface area contributed by atoms with Gasteiger partial charge in [-0.15, -0.1) is 5.10 Å². The quantitative estimate of drug-likeness (QED) is 0.813. The fourth-order valence-corrected chi connectivity index (χ4v) is 1.82. The third-order valence-corrected chi connectivity index (χ3v) is 3.56. The first-order valence-electron chi connectivity index (χ1n) is 6.31. The van der Waals surface area contributed by atoms with Gasteiger partial charge < -0.3 is 5.11 Å². The van der Waals surface area contributed by atoms with Crippen molar-refractivity contribution in [1.29, 1.82) is 0 Å². The van der Waals surface area contributed by atoms with Crippen LogP contribution in [0.2, 0.25) is 0 Å². The molecule has 0 aromatic carbocycles. The van der Waals surface area contributed by atoms with Crippen LogP contribution in [-0.2, 0) is 11.3 Å². The molecule has 0 bridgehead atoms. The number of carboxylic acid groups (broad SMARTS) is 1. The van der Waals surface area contributed by atoms with Crippen molar-refractivity contribution < 1.29 is 9.90 Å². The molecule has 9 heteroatoms. The smallest absolute Gasteiger partial charge is 0.311 e. The first kappa shape index (κ1) is 14.1. The van der Waals surface area contributed by atoms with E-state index in [1.165, 1.54) is 11.0 Å². The maximum Gasteiger partial charge on any atom is 0.311 e. The minimum Gasteiger partial charge on any atom is -0.481 e. The Hall–Kier alpha value is -2.32. The second-order valence-corrected chi connectivity index (χ2v) is 4.97. The molecule has 0 aliphatic rings. The molecule has 2 heterocycles. The van der Waals surface area contributed by atoms with Crippen LogP contribution in [0.15, 0.2) is 12.7 Å². The van der Waals surface area contributed by atoms with E-state index >= 15 is 0 Å². The van der Waals surface area contributed by atoms with Crippen molar-refractivity contribution in [1.82, 2.24) is 35.0 Å². The monoisotopic (exact) mass is 279 g/mol. The van der Waals surface area contributed by atoms with Gasteiger partial charge in [-0.2, -0.15) is 5.10 Å². The highest BCUT2D eigenvalue weighted by atomic mass is 16.4. The molecule has 1 N–H and O–H groups in total. The Morgan fingerprint density at radius 1 is 1.55 bits per heavy atom. The molecule has 108 valence electrons. The van der Waals surface area contributed by atoms with Gasteiger partial charge in [-0.1, -0.05) is 6.92 Å². The van der Waals surface area contributed by atoms with Crippen molar-refractivity contribution in [3.8, 4) is 0 Å². The molecule has 0 radical (unpaired) electrons. The van der Waals surface area contributed by atoms with Gasteiger partial charge >= 0.3 is 5.97 Å². The Labute approximate surface area is 115 Å². The maximum atomic E-state index is 11.4. The van der Waals surface area contributed by atoms with Crippen molar-refractivity contribution in [3.05, 3.63) is 18.5 Å². The summed E-state index contributed by atoms with van der Waals surface area (Å²) < 4.78 is 3.14. The number of hydrogen-bond acceptors (Lipinski definition) is 6. The van der Waals surface area contributed by atoms with Gasteiger partial charge in [-0.3, -0.25) is 4.79 Å². The number of carboxylic acids is 1. The van der Waals surface area contributed by atoms with E-state index in [1.807, 2.05) is 13.8 Å². The molecular weight excluding hydrogens is 262 g/mol. The number of carbonyl (C=O) groups is 1. The zero-order chi connectivity index (χ0) is 14.8. The Balaban J connectivity index is 2.27. The summed E-state index contributed by atoms with van der Waals surface area (Å²) >= 11 is 0. The Bertz CT molecular complexity index is 579. The van der Waals surface area contributed by atoms with Gasteiger partial charge in [0.2, 0.25) is 0 Å². The highest BCUT2D eigenvalue weighted by Gasteiger charge is 2.33. The summed E-state index contributed by atoms with van der Waals surface area (Å²) in [6.07, 6.45) is 3.48. The first-order chi connectivity index (χ1) is 9.48. The van der Waals surface area contributed by atoms with Crippen molar-refractivity contribution in [2.75, 3.05) is 0 Å². The first-order valence-corrected chi connectivity index (χ1v) is 6.31. The Morgan fingerprint density at radius 2 is 2.30 bits per heavy atom. The molecule has 0 saturated carbocycles. The summed E-state index contributed by atoms with van der Waals surface area (Å²) in [5.41, 5.74) is -0.910. The van der Waals surface area contributed by atoms with Crippen LogP contribution in [0.3, 0.4) is 0 Å². The van der Waals surface area contributed by atoms with E-state index in [0.29, 0.717) is 12.2 Å². The largest absolute Gasteiger partial charge is 0.481 e. The summed E-state index contributed by atoms with van der Waals surface area (Å²) in [6.45, 7) is 5.60. The molecule has 0 aliphatic heterocycles. The summed E-state index contributed by atoms with van der Waals surface area (Å²) in [4.78, 5) is 15.3. The molecule has 0 aliphatic carbocycles. The zero-order valence-corrected chi connectivity index (χ0v) is 11.6. The highest BCUT2D eigenvalue weighted by molar-refractivity contribution is 5.73. The van der Waals surface area contributed by atoms with Gasteiger partial charge in [-0.05, 0) is 30.7 Å². The van der Waals surface area contributed by atoms with Gasteiger partial charge in [0.25, 0.3) is 0 Å². The average molecular weight is 279 g/mol. The van der Waals surface area contributed by atoms with Crippen LogP contribution in [0.4, 0.5) is 0 Å². The van der Waals surface area contributed by atoms with Gasteiger partial charge in [0.15, 0.2) is 5.82 Å². The number of aromatic nitrogens is 7. The van der Waals surface area contributed by atoms with Crippen LogP contribution in [0.5, 0.6) is 0 Å². The number of rotatable bonds is 6. The molecule has 0 spiro atoms. The SMILES string of the molecule is CCC(C)(Cn1nnnc1C(C)n1cncn1)C(=O)O. The third kappa shape index (κ3) is 2.51. The average Bonchev–Trinajstić information content (AvgIpc) is 3.08. The van der Waals surface area contributed by atoms with E-state index < -0.39 is 11.4 Å². The topological polar surface area (TPSA) is 112 Å². The molecule has 2 unspecified atom stereocenters. The molecule has 20 heavy (non-hydrogen) atoms. The molecule has 2 rings (SSSR count). The Kier molecular flexibility index (Phi) is 3.77. The second-order valence-electron chi connectivity index (χ2n) is 4.97. The maximum absolute atomic E-state index is 11.4. The van der Waals surface area contributed by atoms with E-state index in [0.717, 1.165) is 0 Å². The van der Waals surface area contributed by atoms with Gasteiger partial charge in [-0.25, -0.2) is 14.3 Å². The van der Waals surface area contributed by atoms with Crippen molar-refractivity contribution in [2.24, 2.45) is 5.41 Å². The zero-order valence-electron chi connectivity index (χ0n) is 11.6. The van der Waals surface area contributed by atoms with Gasteiger partial charge in [0, 0.05) is 0 Å². The third-order valence-electron chi connectivity index (χ3n) is 3.56. The van der Waals surface area contributed by atoms with Crippen LogP contribution < -0.4 is 0 Å². The minimum atomic E-state index is -0.910. The fourth-order valence-electron chi connectivity index (χ4n) is 1.82. The summed E-state index contributed by atoms with van der Waals surface area (Å²) in [5, 5.41) is 24.9. The molecular formula is C11H17N7O2.